The van der Waals surface area contributed by atoms with Crippen LogP contribution < -0.4 is 4.74 Å². The normalized spacial score (nSPS) is 19.4. The molecule has 6 rings (SSSR count). The van der Waals surface area contributed by atoms with Crippen LogP contribution in [-0.2, 0) is 20.8 Å². The number of nitrogens with zero attached hydrogens (tertiary/aromatic N) is 3. The number of imidazole rings is 1. The first-order chi connectivity index (χ1) is 20.9. The van der Waals surface area contributed by atoms with Crippen LogP contribution in [0, 0.1) is 5.92 Å². The average molecular weight is 605 g/mol. The molecule has 0 spiro atoms. The van der Waals surface area contributed by atoms with Crippen molar-refractivity contribution in [2.45, 2.75) is 50.9 Å². The summed E-state index contributed by atoms with van der Waals surface area (Å²) in [6.07, 6.45) is 3.86. The van der Waals surface area contributed by atoms with Gasteiger partial charge in [-0.1, -0.05) is 60.1 Å². The van der Waals surface area contributed by atoms with Crippen molar-refractivity contribution in [1.82, 2.24) is 19.9 Å². The Kier molecular flexibility index (Phi) is 9.23. The number of carbonyl (C=O) groups is 1. The van der Waals surface area contributed by atoms with Gasteiger partial charge in [0.15, 0.2) is 5.65 Å². The number of pyridine rings is 1. The van der Waals surface area contributed by atoms with E-state index in [1.807, 2.05) is 18.2 Å². The fraction of sp³-hybridized carbons (Fsp3) is 0.424. The number of benzene rings is 2. The average Bonchev–Trinajstić information content (AvgIpc) is 3.37. The summed E-state index contributed by atoms with van der Waals surface area (Å²) in [5.74, 6) is -0.515. The predicted molar refractivity (Wildman–Crippen MR) is 165 cm³/mol. The van der Waals surface area contributed by atoms with Crippen molar-refractivity contribution in [3.8, 4) is 28.4 Å². The third-order valence-corrected chi connectivity index (χ3v) is 8.64. The molecule has 0 unspecified atom stereocenters. The monoisotopic (exact) mass is 604 g/mol. The second-order valence-corrected chi connectivity index (χ2v) is 12.0. The maximum Gasteiger partial charge on any atom is 0.303 e. The molecule has 2 N–H and O–H groups in total. The van der Waals surface area contributed by atoms with Crippen molar-refractivity contribution in [1.29, 1.82) is 0 Å². The summed E-state index contributed by atoms with van der Waals surface area (Å²) in [4.78, 5) is 25.9. The molecule has 0 radical (unpaired) electrons. The first-order valence-electron chi connectivity index (χ1n) is 14.9. The molecule has 2 fully saturated rings. The molecule has 0 amide bonds. The lowest BCUT2D eigenvalue weighted by Crippen LogP contribution is -2.51. The summed E-state index contributed by atoms with van der Waals surface area (Å²) in [6.45, 7) is 4.13. The van der Waals surface area contributed by atoms with Crippen molar-refractivity contribution >= 4 is 28.7 Å². The topological polar surface area (TPSA) is 110 Å². The number of fused-ring (bicyclic) bond motifs is 1. The van der Waals surface area contributed by atoms with Gasteiger partial charge >= 0.3 is 5.97 Å². The zero-order valence-electron chi connectivity index (χ0n) is 24.3. The Morgan fingerprint density at radius 1 is 0.953 bits per heavy atom. The van der Waals surface area contributed by atoms with Gasteiger partial charge in [0.2, 0.25) is 0 Å². The second kappa shape index (κ2) is 13.4. The maximum atomic E-state index is 11.0. The van der Waals surface area contributed by atoms with Gasteiger partial charge in [-0.15, -0.1) is 0 Å². The highest BCUT2D eigenvalue weighted by Gasteiger charge is 2.27. The van der Waals surface area contributed by atoms with E-state index < -0.39 is 5.97 Å². The van der Waals surface area contributed by atoms with E-state index in [2.05, 4.69) is 51.3 Å². The largest absolute Gasteiger partial charge is 0.481 e. The number of halogens is 1. The SMILES string of the molecule is COCCOC1CN(Cc2ccc(-c3ccc(-c4nc5nc(O[C@H]6CC[C@H](CC(=O)O)CC6)[nH]c5cc4Cl)cc3)cc2)C1. The quantitative estimate of drug-likeness (QED) is 0.184. The summed E-state index contributed by atoms with van der Waals surface area (Å²) < 4.78 is 16.9. The molecule has 1 saturated carbocycles. The number of aromatic nitrogens is 3. The first kappa shape index (κ1) is 29.6. The highest BCUT2D eigenvalue weighted by molar-refractivity contribution is 6.33. The van der Waals surface area contributed by atoms with E-state index in [-0.39, 0.29) is 18.4 Å². The summed E-state index contributed by atoms with van der Waals surface area (Å²) >= 11 is 6.65. The van der Waals surface area contributed by atoms with Gasteiger partial charge < -0.3 is 24.3 Å². The Morgan fingerprint density at radius 2 is 1.63 bits per heavy atom. The van der Waals surface area contributed by atoms with E-state index >= 15 is 0 Å². The number of aromatic amines is 1. The van der Waals surface area contributed by atoms with Gasteiger partial charge in [0.1, 0.15) is 6.10 Å². The molecule has 4 aromatic rings. The molecular weight excluding hydrogens is 568 g/mol. The molecule has 2 aromatic carbocycles. The smallest absolute Gasteiger partial charge is 0.303 e. The maximum absolute atomic E-state index is 11.0. The predicted octanol–water partition coefficient (Wildman–Crippen LogP) is 6.20. The van der Waals surface area contributed by atoms with E-state index in [0.29, 0.717) is 47.2 Å². The number of methoxy groups -OCH3 is 1. The van der Waals surface area contributed by atoms with Crippen LogP contribution >= 0.6 is 11.6 Å². The van der Waals surface area contributed by atoms with E-state index in [0.717, 1.165) is 62.0 Å². The molecule has 0 bridgehead atoms. The summed E-state index contributed by atoms with van der Waals surface area (Å²) in [5.41, 5.74) is 6.40. The summed E-state index contributed by atoms with van der Waals surface area (Å²) in [5, 5.41) is 9.57. The molecule has 1 saturated heterocycles. The van der Waals surface area contributed by atoms with Crippen LogP contribution in [0.25, 0.3) is 33.5 Å². The lowest BCUT2D eigenvalue weighted by molar-refractivity contribution is -0.138. The van der Waals surface area contributed by atoms with E-state index in [4.69, 9.17) is 35.9 Å². The molecule has 1 aliphatic carbocycles. The molecule has 43 heavy (non-hydrogen) atoms. The van der Waals surface area contributed by atoms with Crippen LogP contribution in [0.3, 0.4) is 0 Å². The van der Waals surface area contributed by atoms with Crippen molar-refractivity contribution in [3.05, 3.63) is 65.2 Å². The fourth-order valence-corrected chi connectivity index (χ4v) is 6.21. The van der Waals surface area contributed by atoms with Crippen molar-refractivity contribution in [3.63, 3.8) is 0 Å². The van der Waals surface area contributed by atoms with Crippen LogP contribution in [0.5, 0.6) is 6.01 Å². The first-order valence-corrected chi connectivity index (χ1v) is 15.3. The van der Waals surface area contributed by atoms with Crippen LogP contribution in [0.2, 0.25) is 5.02 Å². The van der Waals surface area contributed by atoms with Crippen LogP contribution in [0.4, 0.5) is 0 Å². The highest BCUT2D eigenvalue weighted by atomic mass is 35.5. The van der Waals surface area contributed by atoms with Crippen LogP contribution in [0.1, 0.15) is 37.7 Å². The number of H-pyrrole nitrogens is 1. The van der Waals surface area contributed by atoms with Crippen molar-refractivity contribution in [2.24, 2.45) is 5.92 Å². The minimum atomic E-state index is -0.735. The van der Waals surface area contributed by atoms with Gasteiger partial charge in [-0.3, -0.25) is 9.69 Å². The number of ether oxygens (including phenoxy) is 3. The second-order valence-electron chi connectivity index (χ2n) is 11.5. The van der Waals surface area contributed by atoms with Gasteiger partial charge in [-0.2, -0.15) is 4.98 Å². The molecular formula is C33H37ClN4O5. The number of rotatable bonds is 12. The number of likely N-dealkylation sites (tertiary alicyclic amines) is 1. The summed E-state index contributed by atoms with van der Waals surface area (Å²) in [7, 11) is 1.69. The number of carboxylic acid groups (broad SMARTS) is 1. The molecule has 1 aliphatic heterocycles. The Hall–Kier alpha value is -3.50. The van der Waals surface area contributed by atoms with Crippen molar-refractivity contribution in [2.75, 3.05) is 33.4 Å². The Balaban J connectivity index is 1.06. The van der Waals surface area contributed by atoms with E-state index in [1.165, 1.54) is 5.56 Å². The molecule has 0 atom stereocenters. The zero-order chi connectivity index (χ0) is 29.8. The van der Waals surface area contributed by atoms with Crippen LogP contribution in [0.15, 0.2) is 54.6 Å². The Morgan fingerprint density at radius 3 is 2.30 bits per heavy atom. The third kappa shape index (κ3) is 7.36. The number of carboxylic acids is 1. The highest BCUT2D eigenvalue weighted by Crippen LogP contribution is 2.33. The minimum absolute atomic E-state index is 0.0103. The standard InChI is InChI=1S/C33H37ClN4O5/c1-41-14-15-42-27-19-38(20-27)18-22-2-6-23(7-3-22)24-8-10-25(11-9-24)31-28(34)17-29-32(36-31)37-33(35-29)43-26-12-4-21(5-13-26)16-30(39)40/h2-3,6-11,17,21,26-27H,4-5,12-16,18-20H2,1H3,(H,39,40)(H,35,36,37)/t21-,26-. The molecule has 10 heteroatoms. The van der Waals surface area contributed by atoms with Gasteiger partial charge in [-0.25, -0.2) is 4.98 Å². The Bertz CT molecular complexity index is 1530. The summed E-state index contributed by atoms with van der Waals surface area (Å²) in [6, 6.07) is 19.2. The number of hydrogen-bond donors (Lipinski definition) is 2. The van der Waals surface area contributed by atoms with Gasteiger partial charge in [-0.05, 0) is 54.4 Å². The molecule has 226 valence electrons. The number of aliphatic carboxylic acids is 1. The van der Waals surface area contributed by atoms with Crippen LogP contribution in [-0.4, -0.2) is 76.5 Å². The van der Waals surface area contributed by atoms with Crippen molar-refractivity contribution < 1.29 is 24.1 Å². The molecule has 2 aliphatic rings. The zero-order valence-corrected chi connectivity index (χ0v) is 25.1. The number of hydrogen-bond acceptors (Lipinski definition) is 7. The van der Waals surface area contributed by atoms with Gasteiger partial charge in [0.25, 0.3) is 6.01 Å². The van der Waals surface area contributed by atoms with Gasteiger partial charge in [0, 0.05) is 38.7 Å². The number of nitrogens with one attached hydrogen (secondary N) is 1. The van der Waals surface area contributed by atoms with E-state index in [1.54, 1.807) is 7.11 Å². The minimum Gasteiger partial charge on any atom is -0.481 e. The Labute approximate surface area is 256 Å². The van der Waals surface area contributed by atoms with Gasteiger partial charge in [0.05, 0.1) is 35.6 Å². The fourth-order valence-electron chi connectivity index (χ4n) is 5.95. The lowest BCUT2D eigenvalue weighted by atomic mass is 9.85. The van der Waals surface area contributed by atoms with E-state index in [9.17, 15) is 4.79 Å². The lowest BCUT2D eigenvalue weighted by Gasteiger charge is -2.38. The third-order valence-electron chi connectivity index (χ3n) is 8.36. The molecule has 2 aromatic heterocycles. The molecule has 3 heterocycles. The molecule has 9 nitrogen and oxygen atoms in total.